The number of amides is 2. The lowest BCUT2D eigenvalue weighted by Crippen LogP contribution is -2.44. The lowest BCUT2D eigenvalue weighted by atomic mass is 9.91. The van der Waals surface area contributed by atoms with Crippen LogP contribution < -0.4 is 10.6 Å². The Hall–Kier alpha value is -4.46. The van der Waals surface area contributed by atoms with Crippen LogP contribution in [-0.4, -0.2) is 57.8 Å². The number of rotatable bonds is 12. The van der Waals surface area contributed by atoms with E-state index in [-0.39, 0.29) is 30.8 Å². The summed E-state index contributed by atoms with van der Waals surface area (Å²) >= 11 is 0. The van der Waals surface area contributed by atoms with Crippen LogP contribution in [0.2, 0.25) is 0 Å². The molecular formula is C38H41N3O4. The van der Waals surface area contributed by atoms with E-state index in [0.717, 1.165) is 27.9 Å². The van der Waals surface area contributed by atoms with Gasteiger partial charge in [0.15, 0.2) is 0 Å². The van der Waals surface area contributed by atoms with Crippen LogP contribution in [0.15, 0.2) is 115 Å². The summed E-state index contributed by atoms with van der Waals surface area (Å²) in [4.78, 5) is 29.4. The van der Waals surface area contributed by atoms with Crippen molar-refractivity contribution in [2.75, 3.05) is 11.9 Å². The highest BCUT2D eigenvalue weighted by Crippen LogP contribution is 2.32. The first-order chi connectivity index (χ1) is 21.9. The minimum atomic E-state index is -0.914. The third kappa shape index (κ3) is 7.44. The smallest absolute Gasteiger partial charge is 0.245 e. The third-order valence-corrected chi connectivity index (χ3v) is 9.12. The number of carbonyl (C=O) groups excluding carboxylic acids is 2. The Morgan fingerprint density at radius 3 is 2.18 bits per heavy atom. The minimum Gasteiger partial charge on any atom is -0.391 e. The van der Waals surface area contributed by atoms with E-state index in [1.54, 1.807) is 4.90 Å². The van der Waals surface area contributed by atoms with Crippen molar-refractivity contribution in [2.45, 2.75) is 62.4 Å². The van der Waals surface area contributed by atoms with E-state index < -0.39 is 30.2 Å². The second-order valence-electron chi connectivity index (χ2n) is 12.4. The molecular weight excluding hydrogens is 562 g/mol. The van der Waals surface area contributed by atoms with Crippen molar-refractivity contribution in [3.63, 3.8) is 0 Å². The molecule has 2 amide bonds. The lowest BCUT2D eigenvalue weighted by Gasteiger charge is -2.29. The van der Waals surface area contributed by atoms with Crippen LogP contribution in [-0.2, 0) is 28.9 Å². The Kier molecular flexibility index (Phi) is 9.58. The van der Waals surface area contributed by atoms with Crippen LogP contribution in [0.1, 0.15) is 41.1 Å². The summed E-state index contributed by atoms with van der Waals surface area (Å²) in [6, 6.07) is 36.4. The molecule has 6 rings (SSSR count). The van der Waals surface area contributed by atoms with Gasteiger partial charge in [0.1, 0.15) is 6.04 Å². The molecule has 0 aromatic heterocycles. The Bertz CT molecular complexity index is 1570. The number of nitrogens with one attached hydrogen (secondary N) is 2. The molecule has 4 aromatic rings. The summed E-state index contributed by atoms with van der Waals surface area (Å²) in [6.45, 7) is 0.136. The number of aliphatic hydroxyl groups is 2. The largest absolute Gasteiger partial charge is 0.391 e. The summed E-state index contributed by atoms with van der Waals surface area (Å²) < 4.78 is 0. The normalized spacial score (nSPS) is 22.1. The third-order valence-electron chi connectivity index (χ3n) is 9.12. The van der Waals surface area contributed by atoms with Gasteiger partial charge >= 0.3 is 0 Å². The second-order valence-corrected chi connectivity index (χ2v) is 12.4. The second kappa shape index (κ2) is 14.1. The van der Waals surface area contributed by atoms with Crippen LogP contribution in [0.3, 0.4) is 0 Å². The first kappa shape index (κ1) is 30.6. The first-order valence-electron chi connectivity index (χ1n) is 15.9. The van der Waals surface area contributed by atoms with Gasteiger partial charge in [-0.25, -0.2) is 0 Å². The highest BCUT2D eigenvalue weighted by molar-refractivity contribution is 5.87. The number of hydrogen-bond donors (Lipinski definition) is 4. The molecule has 1 fully saturated rings. The highest BCUT2D eigenvalue weighted by Gasteiger charge is 2.41. The Labute approximate surface area is 264 Å². The molecule has 0 bridgehead atoms. The average molecular weight is 604 g/mol. The van der Waals surface area contributed by atoms with E-state index in [4.69, 9.17) is 0 Å². The number of hydrogen-bond acceptors (Lipinski definition) is 5. The maximum atomic E-state index is 13.8. The molecule has 232 valence electrons. The average Bonchev–Trinajstić information content (AvgIpc) is 3.52. The van der Waals surface area contributed by atoms with E-state index in [9.17, 15) is 19.8 Å². The van der Waals surface area contributed by atoms with Gasteiger partial charge in [0, 0.05) is 30.6 Å². The number of β-amino-alcohol motifs (C(OH)–C–C–N with tert-alkyl or cyclic N) is 1. The van der Waals surface area contributed by atoms with Gasteiger partial charge in [-0.05, 0) is 60.1 Å². The topological polar surface area (TPSA) is 102 Å². The summed E-state index contributed by atoms with van der Waals surface area (Å²) in [5, 5.41) is 28.8. The monoisotopic (exact) mass is 603 g/mol. The van der Waals surface area contributed by atoms with Crippen molar-refractivity contribution in [3.8, 4) is 0 Å². The van der Waals surface area contributed by atoms with Crippen molar-refractivity contribution in [3.05, 3.63) is 138 Å². The highest BCUT2D eigenvalue weighted by atomic mass is 16.3. The molecule has 2 aliphatic rings. The van der Waals surface area contributed by atoms with Gasteiger partial charge in [0.2, 0.25) is 11.8 Å². The first-order valence-corrected chi connectivity index (χ1v) is 15.9. The van der Waals surface area contributed by atoms with Crippen molar-refractivity contribution in [1.82, 2.24) is 10.2 Å². The number of anilines is 1. The molecule has 0 radical (unpaired) electrons. The fraction of sp³-hybridized carbons (Fsp3) is 0.316. The number of likely N-dealkylation sites (tertiary alicyclic amines) is 1. The predicted octanol–water partition coefficient (Wildman–Crippen LogP) is 4.70. The van der Waals surface area contributed by atoms with E-state index in [0.29, 0.717) is 25.7 Å². The Morgan fingerprint density at radius 1 is 0.844 bits per heavy atom. The molecule has 4 N–H and O–H groups in total. The molecule has 6 atom stereocenters. The van der Waals surface area contributed by atoms with Crippen LogP contribution in [0.25, 0.3) is 0 Å². The van der Waals surface area contributed by atoms with Gasteiger partial charge in [-0.15, -0.1) is 0 Å². The van der Waals surface area contributed by atoms with E-state index >= 15 is 0 Å². The quantitative estimate of drug-likeness (QED) is 0.188. The van der Waals surface area contributed by atoms with Gasteiger partial charge in [0.25, 0.3) is 0 Å². The minimum absolute atomic E-state index is 0.0476. The molecule has 0 spiro atoms. The summed E-state index contributed by atoms with van der Waals surface area (Å²) in [6.07, 6.45) is 0.788. The van der Waals surface area contributed by atoms with E-state index in [1.165, 1.54) is 0 Å². The lowest BCUT2D eigenvalue weighted by molar-refractivity contribution is -0.131. The van der Waals surface area contributed by atoms with Gasteiger partial charge in [-0.1, -0.05) is 103 Å². The zero-order valence-corrected chi connectivity index (χ0v) is 25.3. The SMILES string of the molecule is O=C(N[C@H]1c2ccccc2C[C@H]1O)[C@H](Cc1ccccc1)C[C@H](O)CN1C(=O)C(Nc2ccccc2)C[C@@H]1Cc1ccccc1. The van der Waals surface area contributed by atoms with Crippen LogP contribution in [0.5, 0.6) is 0 Å². The van der Waals surface area contributed by atoms with Crippen LogP contribution >= 0.6 is 0 Å². The van der Waals surface area contributed by atoms with E-state index in [2.05, 4.69) is 22.8 Å². The summed E-state index contributed by atoms with van der Waals surface area (Å²) in [7, 11) is 0. The molecule has 7 heteroatoms. The maximum Gasteiger partial charge on any atom is 0.245 e. The van der Waals surface area contributed by atoms with Gasteiger partial charge < -0.3 is 25.7 Å². The van der Waals surface area contributed by atoms with Crippen molar-refractivity contribution in [2.24, 2.45) is 5.92 Å². The van der Waals surface area contributed by atoms with Gasteiger partial charge in [-0.2, -0.15) is 0 Å². The molecule has 1 saturated heterocycles. The Balaban J connectivity index is 1.18. The zero-order chi connectivity index (χ0) is 31.2. The van der Waals surface area contributed by atoms with Gasteiger partial charge in [0.05, 0.1) is 18.2 Å². The van der Waals surface area contributed by atoms with Crippen molar-refractivity contribution >= 4 is 17.5 Å². The molecule has 1 unspecified atom stereocenters. The molecule has 1 heterocycles. The fourth-order valence-corrected chi connectivity index (χ4v) is 6.89. The zero-order valence-electron chi connectivity index (χ0n) is 25.3. The number of aliphatic hydroxyl groups excluding tert-OH is 2. The van der Waals surface area contributed by atoms with E-state index in [1.807, 2.05) is 103 Å². The Morgan fingerprint density at radius 2 is 1.47 bits per heavy atom. The van der Waals surface area contributed by atoms with Crippen LogP contribution in [0.4, 0.5) is 5.69 Å². The predicted molar refractivity (Wildman–Crippen MR) is 175 cm³/mol. The van der Waals surface area contributed by atoms with Crippen molar-refractivity contribution < 1.29 is 19.8 Å². The standard InChI is InChI=1S/C38H41N3O4/c42-32(25-41-31(21-27-14-6-2-7-15-27)24-34(38(41)45)39-30-17-8-3-9-18-30)22-29(20-26-12-4-1-5-13-26)37(44)40-36-33-19-11-10-16-28(33)23-35(36)43/h1-19,29,31-32,34-36,39,42-43H,20-25H2,(H,40,44)/t29-,31+,32+,34?,35-,36+/m1/s1. The molecule has 1 aliphatic carbocycles. The fourth-order valence-electron chi connectivity index (χ4n) is 6.89. The summed E-state index contributed by atoms with van der Waals surface area (Å²) in [5.74, 6) is -0.810. The molecule has 45 heavy (non-hydrogen) atoms. The number of benzene rings is 4. The molecule has 0 saturated carbocycles. The van der Waals surface area contributed by atoms with Gasteiger partial charge in [-0.3, -0.25) is 9.59 Å². The molecule has 1 aliphatic heterocycles. The van der Waals surface area contributed by atoms with Crippen LogP contribution in [0, 0.1) is 5.92 Å². The number of fused-ring (bicyclic) bond motifs is 1. The van der Waals surface area contributed by atoms with Crippen molar-refractivity contribution in [1.29, 1.82) is 0 Å². The number of nitrogens with zero attached hydrogens (tertiary/aromatic N) is 1. The molecule has 4 aromatic carbocycles. The summed E-state index contributed by atoms with van der Waals surface area (Å²) in [5.41, 5.74) is 4.97. The maximum absolute atomic E-state index is 13.8. The number of para-hydroxylation sites is 1. The number of carbonyl (C=O) groups is 2. The molecule has 7 nitrogen and oxygen atoms in total.